The molecule has 0 aliphatic rings. The van der Waals surface area contributed by atoms with Crippen molar-refractivity contribution >= 4 is 11.7 Å². The lowest BCUT2D eigenvalue weighted by Crippen LogP contribution is -2.31. The summed E-state index contributed by atoms with van der Waals surface area (Å²) >= 11 is 0. The van der Waals surface area contributed by atoms with Gasteiger partial charge in [0.15, 0.2) is 0 Å². The van der Waals surface area contributed by atoms with Crippen LogP contribution in [0, 0.1) is 0 Å². The molecule has 94 valence electrons. The number of hydrogen-bond donors (Lipinski definition) is 1. The minimum atomic E-state index is -0.679. The molecule has 0 aliphatic carbocycles. The molecule has 0 amide bonds. The van der Waals surface area contributed by atoms with Gasteiger partial charge in [-0.15, -0.1) is 0 Å². The average molecular weight is 237 g/mol. The van der Waals surface area contributed by atoms with E-state index in [2.05, 4.69) is 0 Å². The molecule has 0 atom stereocenters. The van der Waals surface area contributed by atoms with Gasteiger partial charge in [0.1, 0.15) is 6.61 Å². The molecule has 0 fully saturated rings. The van der Waals surface area contributed by atoms with Crippen molar-refractivity contribution in [1.29, 1.82) is 0 Å². The number of rotatable bonds is 5. The number of anilines is 1. The van der Waals surface area contributed by atoms with E-state index in [4.69, 9.17) is 15.2 Å². The maximum absolute atomic E-state index is 11.9. The molecule has 0 heterocycles. The van der Waals surface area contributed by atoms with Gasteiger partial charge in [-0.25, -0.2) is 0 Å². The van der Waals surface area contributed by atoms with Crippen molar-refractivity contribution in [3.63, 3.8) is 0 Å². The van der Waals surface area contributed by atoms with Gasteiger partial charge in [0.2, 0.25) is 0 Å². The molecule has 1 aromatic carbocycles. The maximum atomic E-state index is 11.9. The molecule has 0 aliphatic heterocycles. The van der Waals surface area contributed by atoms with Gasteiger partial charge in [-0.3, -0.25) is 4.79 Å². The van der Waals surface area contributed by atoms with Crippen molar-refractivity contribution in [2.45, 2.75) is 19.3 Å². The quantitative estimate of drug-likeness (QED) is 0.481. The summed E-state index contributed by atoms with van der Waals surface area (Å²) in [6.07, 6.45) is 0. The van der Waals surface area contributed by atoms with Crippen molar-refractivity contribution in [2.24, 2.45) is 0 Å². The van der Waals surface area contributed by atoms with Crippen molar-refractivity contribution in [2.75, 3.05) is 26.1 Å². The Morgan fingerprint density at radius 2 is 1.82 bits per heavy atom. The Bertz CT molecular complexity index is 371. The van der Waals surface area contributed by atoms with Crippen LogP contribution in [0.25, 0.3) is 0 Å². The van der Waals surface area contributed by atoms with Crippen molar-refractivity contribution in [1.82, 2.24) is 0 Å². The van der Waals surface area contributed by atoms with Gasteiger partial charge >= 0.3 is 5.97 Å². The molecular formula is C13H19NO3. The fourth-order valence-corrected chi connectivity index (χ4v) is 1.42. The maximum Gasteiger partial charge on any atom is 0.316 e. The van der Waals surface area contributed by atoms with Crippen molar-refractivity contribution < 1.29 is 14.3 Å². The molecule has 4 heteroatoms. The topological polar surface area (TPSA) is 61.5 Å². The minimum absolute atomic E-state index is 0.265. The van der Waals surface area contributed by atoms with Gasteiger partial charge in [-0.1, -0.05) is 12.1 Å². The lowest BCUT2D eigenvalue weighted by Gasteiger charge is -2.23. The first-order valence-corrected chi connectivity index (χ1v) is 5.50. The number of methoxy groups -OCH3 is 1. The molecule has 0 saturated heterocycles. The molecule has 0 spiro atoms. The van der Waals surface area contributed by atoms with Crippen LogP contribution in [-0.4, -0.2) is 26.3 Å². The fourth-order valence-electron chi connectivity index (χ4n) is 1.42. The van der Waals surface area contributed by atoms with E-state index in [-0.39, 0.29) is 12.6 Å². The van der Waals surface area contributed by atoms with Crippen LogP contribution in [0.4, 0.5) is 5.69 Å². The molecule has 2 N–H and O–H groups in total. The predicted molar refractivity (Wildman–Crippen MR) is 66.7 cm³/mol. The Morgan fingerprint density at radius 3 is 2.35 bits per heavy atom. The number of esters is 1. The van der Waals surface area contributed by atoms with E-state index in [1.165, 1.54) is 0 Å². The smallest absolute Gasteiger partial charge is 0.316 e. The van der Waals surface area contributed by atoms with Gasteiger partial charge < -0.3 is 15.2 Å². The standard InChI is InChI=1S/C13H19NO3/c1-13(2,12(15)17-9-8-16-3)10-4-6-11(14)7-5-10/h4-7H,8-9,14H2,1-3H3. The zero-order chi connectivity index (χ0) is 12.9. The van der Waals surface area contributed by atoms with Crippen molar-refractivity contribution in [3.05, 3.63) is 29.8 Å². The fraction of sp³-hybridized carbons (Fsp3) is 0.462. The minimum Gasteiger partial charge on any atom is -0.463 e. The Hall–Kier alpha value is -1.55. The highest BCUT2D eigenvalue weighted by Crippen LogP contribution is 2.25. The van der Waals surface area contributed by atoms with Crippen molar-refractivity contribution in [3.8, 4) is 0 Å². The van der Waals surface area contributed by atoms with E-state index in [0.717, 1.165) is 5.56 Å². The molecule has 4 nitrogen and oxygen atoms in total. The van der Waals surface area contributed by atoms with Gasteiger partial charge in [0.25, 0.3) is 0 Å². The van der Waals surface area contributed by atoms with Crippen LogP contribution < -0.4 is 5.73 Å². The number of hydrogen-bond acceptors (Lipinski definition) is 4. The highest BCUT2D eigenvalue weighted by Gasteiger charge is 2.31. The number of nitrogens with two attached hydrogens (primary N) is 1. The van der Waals surface area contributed by atoms with E-state index in [9.17, 15) is 4.79 Å². The van der Waals surface area contributed by atoms with Crippen LogP contribution >= 0.6 is 0 Å². The van der Waals surface area contributed by atoms with Crippen LogP contribution in [0.2, 0.25) is 0 Å². The molecule has 0 aromatic heterocycles. The first-order valence-electron chi connectivity index (χ1n) is 5.50. The monoisotopic (exact) mass is 237 g/mol. The first kappa shape index (κ1) is 13.5. The van der Waals surface area contributed by atoms with Gasteiger partial charge in [-0.2, -0.15) is 0 Å². The molecule has 0 radical (unpaired) electrons. The Balaban J connectivity index is 2.72. The summed E-state index contributed by atoms with van der Waals surface area (Å²) in [4.78, 5) is 11.9. The van der Waals surface area contributed by atoms with Crippen LogP contribution in [0.3, 0.4) is 0 Å². The molecule has 0 bridgehead atoms. The van der Waals surface area contributed by atoms with Gasteiger partial charge in [0, 0.05) is 12.8 Å². The Morgan fingerprint density at radius 1 is 1.24 bits per heavy atom. The van der Waals surface area contributed by atoms with Crippen LogP contribution in [0.5, 0.6) is 0 Å². The summed E-state index contributed by atoms with van der Waals surface area (Å²) in [5.41, 5.74) is 6.49. The second kappa shape index (κ2) is 5.68. The summed E-state index contributed by atoms with van der Waals surface area (Å²) in [5.74, 6) is -0.265. The van der Waals surface area contributed by atoms with Gasteiger partial charge in [0.05, 0.1) is 12.0 Å². The summed E-state index contributed by atoms with van der Waals surface area (Å²) < 4.78 is 9.97. The number of carbonyl (C=O) groups is 1. The number of nitrogen functional groups attached to an aromatic ring is 1. The molecule has 1 rings (SSSR count). The largest absolute Gasteiger partial charge is 0.463 e. The SMILES string of the molecule is COCCOC(=O)C(C)(C)c1ccc(N)cc1. The zero-order valence-electron chi connectivity index (χ0n) is 10.5. The summed E-state index contributed by atoms with van der Waals surface area (Å²) in [7, 11) is 1.57. The highest BCUT2D eigenvalue weighted by atomic mass is 16.6. The number of benzene rings is 1. The third kappa shape index (κ3) is 3.46. The summed E-state index contributed by atoms with van der Waals surface area (Å²) in [6, 6.07) is 7.23. The number of ether oxygens (including phenoxy) is 2. The van der Waals surface area contributed by atoms with E-state index in [1.54, 1.807) is 19.2 Å². The zero-order valence-corrected chi connectivity index (χ0v) is 10.5. The third-order valence-electron chi connectivity index (χ3n) is 2.66. The third-order valence-corrected chi connectivity index (χ3v) is 2.66. The lowest BCUT2D eigenvalue weighted by atomic mass is 9.85. The van der Waals surface area contributed by atoms with E-state index >= 15 is 0 Å². The van der Waals surface area contributed by atoms with E-state index < -0.39 is 5.41 Å². The molecule has 1 aromatic rings. The predicted octanol–water partition coefficient (Wildman–Crippen LogP) is 1.74. The average Bonchev–Trinajstić information content (AvgIpc) is 2.29. The van der Waals surface area contributed by atoms with Crippen LogP contribution in [0.1, 0.15) is 19.4 Å². The second-order valence-electron chi connectivity index (χ2n) is 4.38. The summed E-state index contributed by atoms with van der Waals surface area (Å²) in [5, 5.41) is 0. The highest BCUT2D eigenvalue weighted by molar-refractivity contribution is 5.82. The summed E-state index contributed by atoms with van der Waals surface area (Å²) in [6.45, 7) is 4.33. The van der Waals surface area contributed by atoms with E-state index in [0.29, 0.717) is 12.3 Å². The molecular weight excluding hydrogens is 218 g/mol. The van der Waals surface area contributed by atoms with Gasteiger partial charge in [-0.05, 0) is 31.5 Å². The van der Waals surface area contributed by atoms with Crippen LogP contribution in [0.15, 0.2) is 24.3 Å². The normalized spacial score (nSPS) is 11.2. The Kier molecular flexibility index (Phi) is 4.52. The van der Waals surface area contributed by atoms with E-state index in [1.807, 2.05) is 26.0 Å². The number of carbonyl (C=O) groups excluding carboxylic acids is 1. The molecule has 17 heavy (non-hydrogen) atoms. The van der Waals surface area contributed by atoms with Crippen LogP contribution in [-0.2, 0) is 19.7 Å². The lowest BCUT2D eigenvalue weighted by molar-refractivity contribution is -0.150. The molecule has 0 unspecified atom stereocenters. The first-order chi connectivity index (χ1) is 7.98. The second-order valence-corrected chi connectivity index (χ2v) is 4.38. The molecule has 0 saturated carbocycles. The Labute approximate surface area is 102 Å².